The number of nitrogens with zero attached hydrogens (tertiary/aromatic N) is 3. The van der Waals surface area contributed by atoms with E-state index < -0.39 is 0 Å². The van der Waals surface area contributed by atoms with Gasteiger partial charge < -0.3 is 9.64 Å². The molecule has 0 bridgehead atoms. The molecule has 2 aliphatic rings. The van der Waals surface area contributed by atoms with E-state index in [9.17, 15) is 0 Å². The smallest absolute Gasteiger partial charge is 0.137 e. The van der Waals surface area contributed by atoms with Crippen molar-refractivity contribution in [2.75, 3.05) is 19.1 Å². The molecule has 1 fully saturated rings. The molecule has 3 aromatic carbocycles. The van der Waals surface area contributed by atoms with Crippen LogP contribution in [-0.2, 0) is 0 Å². The Morgan fingerprint density at radius 2 is 1.58 bits per heavy atom. The molecule has 4 aromatic rings. The van der Waals surface area contributed by atoms with Crippen LogP contribution in [0, 0.1) is 0 Å². The molecule has 1 aliphatic carbocycles. The normalized spacial score (nSPS) is 14.3. The van der Waals surface area contributed by atoms with E-state index in [1.54, 1.807) is 7.11 Å². The Morgan fingerprint density at radius 1 is 0.806 bits per heavy atom. The molecule has 4 heteroatoms. The topological polar surface area (TPSA) is 30.3 Å². The Hall–Kier alpha value is -3.79. The molecule has 1 aliphatic heterocycles. The lowest BCUT2D eigenvalue weighted by atomic mass is 9.98. The van der Waals surface area contributed by atoms with E-state index in [4.69, 9.17) is 9.84 Å². The van der Waals surface area contributed by atoms with Crippen LogP contribution in [0.1, 0.15) is 18.4 Å². The van der Waals surface area contributed by atoms with Crippen molar-refractivity contribution in [3.63, 3.8) is 0 Å². The summed E-state index contributed by atoms with van der Waals surface area (Å²) in [5, 5.41) is 5.02. The molecule has 4 nitrogen and oxygen atoms in total. The summed E-state index contributed by atoms with van der Waals surface area (Å²) < 4.78 is 7.53. The molecule has 0 spiro atoms. The predicted molar refractivity (Wildman–Crippen MR) is 126 cm³/mol. The predicted octanol–water partition coefficient (Wildman–Crippen LogP) is 6.17. The van der Waals surface area contributed by atoms with E-state index in [2.05, 4.69) is 77.3 Å². The van der Waals surface area contributed by atoms with Crippen LogP contribution in [0.15, 0.2) is 84.4 Å². The zero-order valence-electron chi connectivity index (χ0n) is 17.7. The number of methoxy groups -OCH3 is 1. The number of fused-ring (bicyclic) bond motifs is 3. The second-order valence-electron chi connectivity index (χ2n) is 8.14. The van der Waals surface area contributed by atoms with E-state index in [-0.39, 0.29) is 0 Å². The summed E-state index contributed by atoms with van der Waals surface area (Å²) in [6.45, 7) is 0. The Bertz CT molecular complexity index is 1330. The molecule has 0 atom stereocenters. The molecular formula is C27H23N3O. The van der Waals surface area contributed by atoms with Crippen LogP contribution >= 0.6 is 0 Å². The molecule has 2 heterocycles. The standard InChI is InChI=1S/C27H23N3O/c1-29-26-17-24(18-7-4-3-5-8-18)28-30(26)25-16-21(20-9-6-10-22(15-20)31-2)13-14-23(25)27(29)19-11-12-19/h3-10,13-17H,11-12H2,1-2H3. The highest BCUT2D eigenvalue weighted by molar-refractivity contribution is 5.91. The number of anilines is 1. The highest BCUT2D eigenvalue weighted by Crippen LogP contribution is 2.46. The quantitative estimate of drug-likeness (QED) is 0.408. The van der Waals surface area contributed by atoms with Crippen molar-refractivity contribution in [2.24, 2.45) is 0 Å². The van der Waals surface area contributed by atoms with Crippen LogP contribution in [0.3, 0.4) is 0 Å². The number of allylic oxidation sites excluding steroid dienone is 1. The fourth-order valence-electron chi connectivity index (χ4n) is 4.45. The van der Waals surface area contributed by atoms with Gasteiger partial charge in [-0.3, -0.25) is 0 Å². The van der Waals surface area contributed by atoms with Crippen LogP contribution in [0.25, 0.3) is 33.8 Å². The van der Waals surface area contributed by atoms with Crippen LogP contribution in [0.2, 0.25) is 0 Å². The molecule has 0 amide bonds. The lowest BCUT2D eigenvalue weighted by Gasteiger charge is -2.31. The summed E-state index contributed by atoms with van der Waals surface area (Å²) in [7, 11) is 3.86. The molecule has 152 valence electrons. The molecule has 0 unspecified atom stereocenters. The molecule has 0 saturated heterocycles. The Balaban J connectivity index is 1.55. The number of benzene rings is 3. The van der Waals surface area contributed by atoms with E-state index in [1.165, 1.54) is 29.7 Å². The Kier molecular flexibility index (Phi) is 4.00. The van der Waals surface area contributed by atoms with Gasteiger partial charge in [0.25, 0.3) is 0 Å². The van der Waals surface area contributed by atoms with Crippen molar-refractivity contribution in [3.8, 4) is 33.8 Å². The zero-order valence-corrected chi connectivity index (χ0v) is 17.7. The third-order valence-electron chi connectivity index (χ3n) is 6.16. The minimum Gasteiger partial charge on any atom is -0.497 e. The van der Waals surface area contributed by atoms with Gasteiger partial charge >= 0.3 is 0 Å². The monoisotopic (exact) mass is 405 g/mol. The largest absolute Gasteiger partial charge is 0.497 e. The number of ether oxygens (including phenoxy) is 1. The molecule has 31 heavy (non-hydrogen) atoms. The first kappa shape index (κ1) is 18.0. The molecule has 1 aromatic heterocycles. The van der Waals surface area contributed by atoms with Gasteiger partial charge in [0, 0.05) is 24.2 Å². The second-order valence-corrected chi connectivity index (χ2v) is 8.14. The Morgan fingerprint density at radius 3 is 2.35 bits per heavy atom. The highest BCUT2D eigenvalue weighted by Gasteiger charge is 2.31. The minimum atomic E-state index is 0.863. The number of aromatic nitrogens is 2. The van der Waals surface area contributed by atoms with Crippen molar-refractivity contribution < 1.29 is 4.74 Å². The summed E-state index contributed by atoms with van der Waals surface area (Å²) in [6, 6.07) is 27.5. The number of rotatable bonds is 3. The lowest BCUT2D eigenvalue weighted by molar-refractivity contribution is 0.415. The number of hydrogen-bond donors (Lipinski definition) is 0. The summed E-state index contributed by atoms with van der Waals surface area (Å²) in [5.74, 6) is 1.96. The van der Waals surface area contributed by atoms with Crippen molar-refractivity contribution in [3.05, 3.63) is 90.0 Å². The van der Waals surface area contributed by atoms with Gasteiger partial charge in [-0.1, -0.05) is 54.6 Å². The molecular weight excluding hydrogens is 382 g/mol. The summed E-state index contributed by atoms with van der Waals surface area (Å²) in [6.07, 6.45) is 2.35. The van der Waals surface area contributed by atoms with Gasteiger partial charge in [0.05, 0.1) is 24.2 Å². The number of hydrogen-bond acceptors (Lipinski definition) is 3. The summed E-state index contributed by atoms with van der Waals surface area (Å²) in [5.41, 5.74) is 9.64. The summed E-state index contributed by atoms with van der Waals surface area (Å²) >= 11 is 0. The fraction of sp³-hybridized carbons (Fsp3) is 0.148. The average molecular weight is 406 g/mol. The van der Waals surface area contributed by atoms with Crippen LogP contribution in [-0.4, -0.2) is 23.9 Å². The summed E-state index contributed by atoms with van der Waals surface area (Å²) in [4.78, 5) is 2.30. The van der Waals surface area contributed by atoms with E-state index in [0.717, 1.165) is 39.6 Å². The molecule has 0 N–H and O–H groups in total. The maximum atomic E-state index is 5.44. The van der Waals surface area contributed by atoms with Crippen LogP contribution < -0.4 is 9.64 Å². The van der Waals surface area contributed by atoms with Crippen molar-refractivity contribution in [1.82, 2.24) is 9.78 Å². The first-order valence-corrected chi connectivity index (χ1v) is 10.6. The fourth-order valence-corrected chi connectivity index (χ4v) is 4.45. The van der Waals surface area contributed by atoms with Crippen molar-refractivity contribution in [1.29, 1.82) is 0 Å². The van der Waals surface area contributed by atoms with E-state index in [0.29, 0.717) is 0 Å². The van der Waals surface area contributed by atoms with Crippen LogP contribution in [0.5, 0.6) is 5.75 Å². The van der Waals surface area contributed by atoms with Crippen molar-refractivity contribution >= 4 is 11.5 Å². The maximum absolute atomic E-state index is 5.44. The lowest BCUT2D eigenvalue weighted by Crippen LogP contribution is -2.25. The second kappa shape index (κ2) is 6.88. The van der Waals surface area contributed by atoms with Gasteiger partial charge in [-0.15, -0.1) is 0 Å². The Labute approximate surface area is 182 Å². The average Bonchev–Trinajstić information content (AvgIpc) is 3.55. The molecule has 1 saturated carbocycles. The highest BCUT2D eigenvalue weighted by atomic mass is 16.5. The third-order valence-corrected chi connectivity index (χ3v) is 6.16. The SMILES string of the molecule is COc1cccc(-c2ccc3c(c2)-n2nc(-c4ccccc4)cc2N(C)C3=C2CC2)c1. The molecule has 0 radical (unpaired) electrons. The van der Waals surface area contributed by atoms with Gasteiger partial charge in [0.1, 0.15) is 11.6 Å². The maximum Gasteiger partial charge on any atom is 0.137 e. The van der Waals surface area contributed by atoms with Gasteiger partial charge in [-0.05, 0) is 47.7 Å². The van der Waals surface area contributed by atoms with Crippen LogP contribution in [0.4, 0.5) is 5.82 Å². The third kappa shape index (κ3) is 2.95. The van der Waals surface area contributed by atoms with E-state index in [1.807, 2.05) is 18.2 Å². The van der Waals surface area contributed by atoms with Gasteiger partial charge in [0.15, 0.2) is 0 Å². The van der Waals surface area contributed by atoms with Gasteiger partial charge in [0.2, 0.25) is 0 Å². The first-order valence-electron chi connectivity index (χ1n) is 10.6. The first-order chi connectivity index (χ1) is 15.2. The zero-order chi connectivity index (χ0) is 20.9. The van der Waals surface area contributed by atoms with Crippen molar-refractivity contribution in [2.45, 2.75) is 12.8 Å². The minimum absolute atomic E-state index is 0.863. The van der Waals surface area contributed by atoms with Gasteiger partial charge in [-0.2, -0.15) is 5.10 Å². The van der Waals surface area contributed by atoms with Gasteiger partial charge in [-0.25, -0.2) is 4.68 Å². The van der Waals surface area contributed by atoms with E-state index >= 15 is 0 Å². The molecule has 6 rings (SSSR count).